The first-order chi connectivity index (χ1) is 13.2. The summed E-state index contributed by atoms with van der Waals surface area (Å²) < 4.78 is 0. The average Bonchev–Trinajstić information content (AvgIpc) is 2.69. The number of hydrogen-bond acceptors (Lipinski definition) is 3. The predicted octanol–water partition coefficient (Wildman–Crippen LogP) is 3.77. The van der Waals surface area contributed by atoms with Crippen LogP contribution in [0.1, 0.15) is 5.56 Å². The Bertz CT molecular complexity index is 1170. The van der Waals surface area contributed by atoms with Crippen LogP contribution >= 0.6 is 0 Å². The number of para-hydroxylation sites is 2. The highest BCUT2D eigenvalue weighted by Crippen LogP contribution is 2.25. The fourth-order valence-electron chi connectivity index (χ4n) is 2.99. The lowest BCUT2D eigenvalue weighted by Crippen LogP contribution is -2.16. The van der Waals surface area contributed by atoms with Gasteiger partial charge in [-0.2, -0.15) is 0 Å². The van der Waals surface area contributed by atoms with Crippen LogP contribution in [0.25, 0.3) is 22.3 Å². The largest absolute Gasteiger partial charge is 0.325 e. The Morgan fingerprint density at radius 1 is 0.889 bits per heavy atom. The van der Waals surface area contributed by atoms with Gasteiger partial charge < -0.3 is 10.3 Å². The van der Waals surface area contributed by atoms with Crippen molar-refractivity contribution in [3.05, 3.63) is 94.8 Å². The second kappa shape index (κ2) is 7.25. The molecule has 0 saturated heterocycles. The molecule has 1 aromatic heterocycles. The number of anilines is 1. The zero-order chi connectivity index (χ0) is 18.6. The maximum Gasteiger partial charge on any atom is 0.259 e. The summed E-state index contributed by atoms with van der Waals surface area (Å²) in [4.78, 5) is 32.2. The smallest absolute Gasteiger partial charge is 0.259 e. The topological polar surface area (TPSA) is 74.8 Å². The van der Waals surface area contributed by atoms with Crippen LogP contribution in [0, 0.1) is 0 Å². The van der Waals surface area contributed by atoms with Crippen LogP contribution in [0.4, 0.5) is 5.69 Å². The molecule has 0 atom stereocenters. The van der Waals surface area contributed by atoms with Crippen molar-refractivity contribution in [3.63, 3.8) is 0 Å². The number of fused-ring (bicyclic) bond motifs is 1. The average molecular weight is 355 g/mol. The second-order valence-electron chi connectivity index (χ2n) is 6.19. The molecule has 27 heavy (non-hydrogen) atoms. The molecular weight excluding hydrogens is 338 g/mol. The van der Waals surface area contributed by atoms with Crippen LogP contribution in [0.5, 0.6) is 0 Å². The van der Waals surface area contributed by atoms with E-state index in [1.165, 1.54) is 0 Å². The first-order valence-corrected chi connectivity index (χ1v) is 8.63. The first kappa shape index (κ1) is 16.7. The Morgan fingerprint density at radius 2 is 1.59 bits per heavy atom. The van der Waals surface area contributed by atoms with Crippen LogP contribution in [-0.2, 0) is 11.2 Å². The summed E-state index contributed by atoms with van der Waals surface area (Å²) in [7, 11) is 0. The van der Waals surface area contributed by atoms with E-state index < -0.39 is 0 Å². The Hall–Kier alpha value is -3.73. The quantitative estimate of drug-likeness (QED) is 0.585. The van der Waals surface area contributed by atoms with Crippen LogP contribution in [-0.4, -0.2) is 15.9 Å². The van der Waals surface area contributed by atoms with Crippen molar-refractivity contribution in [2.45, 2.75) is 6.42 Å². The minimum atomic E-state index is -0.207. The van der Waals surface area contributed by atoms with E-state index >= 15 is 0 Å². The normalized spacial score (nSPS) is 10.7. The van der Waals surface area contributed by atoms with Crippen molar-refractivity contribution in [3.8, 4) is 11.4 Å². The highest BCUT2D eigenvalue weighted by Gasteiger charge is 2.12. The van der Waals surface area contributed by atoms with Crippen LogP contribution < -0.4 is 10.9 Å². The molecule has 132 valence electrons. The standard InChI is InChI=1S/C22H17N3O2/c26-20(14-15-8-2-1-3-9-15)23-18-12-6-4-10-16(18)21-24-19-13-7-5-11-17(19)22(27)25-21/h1-13H,14H2,(H,23,26)(H,24,25,27). The van der Waals surface area contributed by atoms with Gasteiger partial charge in [0.1, 0.15) is 5.82 Å². The summed E-state index contributed by atoms with van der Waals surface area (Å²) in [5, 5.41) is 3.46. The summed E-state index contributed by atoms with van der Waals surface area (Å²) >= 11 is 0. The van der Waals surface area contributed by atoms with Gasteiger partial charge in [-0.1, -0.05) is 54.6 Å². The van der Waals surface area contributed by atoms with Gasteiger partial charge in [0.2, 0.25) is 5.91 Å². The second-order valence-corrected chi connectivity index (χ2v) is 6.19. The van der Waals surface area contributed by atoms with Crippen molar-refractivity contribution in [1.82, 2.24) is 9.97 Å². The zero-order valence-electron chi connectivity index (χ0n) is 14.5. The van der Waals surface area contributed by atoms with Gasteiger partial charge in [-0.3, -0.25) is 9.59 Å². The molecule has 1 heterocycles. The molecule has 3 aromatic carbocycles. The lowest BCUT2D eigenvalue weighted by Gasteiger charge is -2.11. The van der Waals surface area contributed by atoms with E-state index in [0.717, 1.165) is 5.56 Å². The Morgan fingerprint density at radius 3 is 2.44 bits per heavy atom. The van der Waals surface area contributed by atoms with Gasteiger partial charge in [-0.25, -0.2) is 4.98 Å². The molecule has 2 N–H and O–H groups in total. The Balaban J connectivity index is 1.67. The Kier molecular flexibility index (Phi) is 4.49. The number of aromatic nitrogens is 2. The maximum absolute atomic E-state index is 12.4. The molecule has 0 aliphatic carbocycles. The van der Waals surface area contributed by atoms with Crippen molar-refractivity contribution in [2.24, 2.45) is 0 Å². The van der Waals surface area contributed by atoms with Gasteiger partial charge in [0, 0.05) is 5.56 Å². The molecule has 1 amide bonds. The minimum absolute atomic E-state index is 0.128. The highest BCUT2D eigenvalue weighted by atomic mass is 16.1. The molecule has 0 saturated carbocycles. The van der Waals surface area contributed by atoms with E-state index in [-0.39, 0.29) is 17.9 Å². The monoisotopic (exact) mass is 355 g/mol. The molecule has 4 rings (SSSR count). The zero-order valence-corrected chi connectivity index (χ0v) is 14.5. The van der Waals surface area contributed by atoms with Crippen LogP contribution in [0.15, 0.2) is 83.7 Å². The van der Waals surface area contributed by atoms with Crippen LogP contribution in [0.2, 0.25) is 0 Å². The van der Waals surface area contributed by atoms with Gasteiger partial charge in [0.05, 0.1) is 23.0 Å². The summed E-state index contributed by atoms with van der Waals surface area (Å²) in [6.07, 6.45) is 0.275. The van der Waals surface area contributed by atoms with E-state index in [1.807, 2.05) is 54.6 Å². The molecule has 0 fully saturated rings. The van der Waals surface area contributed by atoms with E-state index in [4.69, 9.17) is 0 Å². The molecular formula is C22H17N3O2. The number of amides is 1. The third kappa shape index (κ3) is 3.62. The predicted molar refractivity (Wildman–Crippen MR) is 107 cm³/mol. The third-order valence-electron chi connectivity index (χ3n) is 4.28. The molecule has 0 bridgehead atoms. The number of rotatable bonds is 4. The van der Waals surface area contributed by atoms with E-state index in [2.05, 4.69) is 15.3 Å². The van der Waals surface area contributed by atoms with Gasteiger partial charge in [0.25, 0.3) is 5.56 Å². The van der Waals surface area contributed by atoms with Gasteiger partial charge in [0.15, 0.2) is 0 Å². The fraction of sp³-hybridized carbons (Fsp3) is 0.0455. The number of aromatic amines is 1. The highest BCUT2D eigenvalue weighted by molar-refractivity contribution is 5.96. The number of nitrogens with zero attached hydrogens (tertiary/aromatic N) is 1. The molecule has 0 aliphatic rings. The molecule has 5 heteroatoms. The van der Waals surface area contributed by atoms with Gasteiger partial charge in [-0.05, 0) is 29.8 Å². The van der Waals surface area contributed by atoms with Crippen molar-refractivity contribution in [2.75, 3.05) is 5.32 Å². The van der Waals surface area contributed by atoms with Crippen LogP contribution in [0.3, 0.4) is 0 Å². The number of carbonyl (C=O) groups excluding carboxylic acids is 1. The third-order valence-corrected chi connectivity index (χ3v) is 4.28. The fourth-order valence-corrected chi connectivity index (χ4v) is 2.99. The first-order valence-electron chi connectivity index (χ1n) is 8.63. The van der Waals surface area contributed by atoms with Crippen molar-refractivity contribution in [1.29, 1.82) is 0 Å². The van der Waals surface area contributed by atoms with Gasteiger partial charge in [-0.15, -0.1) is 0 Å². The van der Waals surface area contributed by atoms with Crippen molar-refractivity contribution < 1.29 is 4.79 Å². The minimum Gasteiger partial charge on any atom is -0.325 e. The summed E-state index contributed by atoms with van der Waals surface area (Å²) in [5.74, 6) is 0.297. The summed E-state index contributed by atoms with van der Waals surface area (Å²) in [5.41, 5.74) is 2.62. The van der Waals surface area contributed by atoms with E-state index in [0.29, 0.717) is 28.0 Å². The molecule has 0 aliphatic heterocycles. The molecule has 5 nitrogen and oxygen atoms in total. The van der Waals surface area contributed by atoms with E-state index in [1.54, 1.807) is 24.3 Å². The summed E-state index contributed by atoms with van der Waals surface area (Å²) in [6.45, 7) is 0. The molecule has 0 unspecified atom stereocenters. The number of carbonyl (C=O) groups is 1. The maximum atomic E-state index is 12.4. The molecule has 4 aromatic rings. The number of hydrogen-bond donors (Lipinski definition) is 2. The number of nitrogens with one attached hydrogen (secondary N) is 2. The van der Waals surface area contributed by atoms with Crippen molar-refractivity contribution >= 4 is 22.5 Å². The number of benzene rings is 3. The molecule has 0 spiro atoms. The van der Waals surface area contributed by atoms with E-state index in [9.17, 15) is 9.59 Å². The lowest BCUT2D eigenvalue weighted by atomic mass is 10.1. The SMILES string of the molecule is O=C(Cc1ccccc1)Nc1ccccc1-c1nc2ccccc2c(=O)[nH]1. The lowest BCUT2D eigenvalue weighted by molar-refractivity contribution is -0.115. The molecule has 0 radical (unpaired) electrons. The van der Waals surface area contributed by atoms with Gasteiger partial charge >= 0.3 is 0 Å². The Labute approximate surface area is 155 Å². The summed E-state index contributed by atoms with van der Waals surface area (Å²) in [6, 6.07) is 24.0. The number of H-pyrrole nitrogens is 1.